The minimum absolute atomic E-state index is 0.978. The van der Waals surface area contributed by atoms with Gasteiger partial charge < -0.3 is 0 Å². The SMILES string of the molecule is [C]1=C/C/C=C/C/C=C\C=C\C/C=C/1. The molecule has 0 aliphatic heterocycles. The van der Waals surface area contributed by atoms with E-state index in [2.05, 4.69) is 48.6 Å². The Bertz CT molecular complexity index is 223. The molecule has 0 bridgehead atoms. The van der Waals surface area contributed by atoms with Crippen LogP contribution in [-0.4, -0.2) is 0 Å². The standard InChI is InChI=1S/C13H15/c1-2-4-6-8-10-12-13-11-9-7-5-3-1/h1-4,7-10,13H,5-6,11H2/b3-1-,4-2+,9-7+,10-8+,13-12?. The van der Waals surface area contributed by atoms with Gasteiger partial charge in [0.05, 0.1) is 0 Å². The maximum Gasteiger partial charge on any atom is -0.0160 e. The van der Waals surface area contributed by atoms with Gasteiger partial charge in [0, 0.05) is 0 Å². The molecule has 0 nitrogen and oxygen atoms in total. The van der Waals surface area contributed by atoms with Crippen molar-refractivity contribution in [2.45, 2.75) is 19.3 Å². The van der Waals surface area contributed by atoms with Gasteiger partial charge in [-0.3, -0.25) is 0 Å². The van der Waals surface area contributed by atoms with E-state index in [1.807, 2.05) is 12.2 Å². The molecule has 0 saturated carbocycles. The maximum atomic E-state index is 3.11. The monoisotopic (exact) mass is 171 g/mol. The van der Waals surface area contributed by atoms with Crippen molar-refractivity contribution in [3.8, 4) is 0 Å². The van der Waals surface area contributed by atoms with Crippen LogP contribution in [0.5, 0.6) is 0 Å². The number of allylic oxidation sites excluding steroid dienone is 10. The van der Waals surface area contributed by atoms with Crippen LogP contribution in [0.2, 0.25) is 0 Å². The predicted molar refractivity (Wildman–Crippen MR) is 58.2 cm³/mol. The first-order valence-corrected chi connectivity index (χ1v) is 4.69. The van der Waals surface area contributed by atoms with Crippen LogP contribution in [-0.2, 0) is 0 Å². The molecule has 0 amide bonds. The summed E-state index contributed by atoms with van der Waals surface area (Å²) >= 11 is 0. The number of hydrogen-bond acceptors (Lipinski definition) is 0. The Balaban J connectivity index is 2.49. The van der Waals surface area contributed by atoms with Crippen LogP contribution < -0.4 is 0 Å². The molecule has 0 fully saturated rings. The molecule has 0 atom stereocenters. The smallest absolute Gasteiger partial charge is 0.0160 e. The summed E-state index contributed by atoms with van der Waals surface area (Å²) in [5, 5.41) is 0. The molecule has 1 rings (SSSR count). The molecule has 13 heavy (non-hydrogen) atoms. The second-order valence-corrected chi connectivity index (χ2v) is 2.81. The first kappa shape index (κ1) is 9.79. The van der Waals surface area contributed by atoms with Crippen molar-refractivity contribution >= 4 is 0 Å². The third kappa shape index (κ3) is 5.92. The van der Waals surface area contributed by atoms with E-state index in [9.17, 15) is 0 Å². The summed E-state index contributed by atoms with van der Waals surface area (Å²) < 4.78 is 0. The van der Waals surface area contributed by atoms with Gasteiger partial charge in [0.2, 0.25) is 0 Å². The van der Waals surface area contributed by atoms with Crippen molar-refractivity contribution in [1.82, 2.24) is 0 Å². The van der Waals surface area contributed by atoms with Crippen molar-refractivity contribution in [3.63, 3.8) is 0 Å². The van der Waals surface area contributed by atoms with Gasteiger partial charge in [-0.25, -0.2) is 0 Å². The van der Waals surface area contributed by atoms with E-state index >= 15 is 0 Å². The van der Waals surface area contributed by atoms with E-state index < -0.39 is 0 Å². The molecule has 0 spiro atoms. The van der Waals surface area contributed by atoms with Crippen LogP contribution in [0, 0.1) is 6.08 Å². The van der Waals surface area contributed by atoms with Crippen LogP contribution in [0.4, 0.5) is 0 Å². The predicted octanol–water partition coefficient (Wildman–Crippen LogP) is 3.75. The highest BCUT2D eigenvalue weighted by Gasteiger charge is 1.74. The molecule has 0 N–H and O–H groups in total. The lowest BCUT2D eigenvalue weighted by molar-refractivity contribution is 1.31. The Labute approximate surface area is 80.7 Å². The van der Waals surface area contributed by atoms with Crippen molar-refractivity contribution in [2.24, 2.45) is 0 Å². The summed E-state index contributed by atoms with van der Waals surface area (Å²) in [6, 6.07) is 0. The van der Waals surface area contributed by atoms with Gasteiger partial charge in [-0.05, 0) is 25.3 Å². The normalized spacial score (nSPS) is 30.2. The zero-order valence-corrected chi connectivity index (χ0v) is 7.82. The summed E-state index contributed by atoms with van der Waals surface area (Å²) in [5.74, 6) is 0. The van der Waals surface area contributed by atoms with Crippen LogP contribution in [0.25, 0.3) is 0 Å². The van der Waals surface area contributed by atoms with E-state index in [0.717, 1.165) is 19.3 Å². The largest absolute Gasteiger partial charge is 0.0844 e. The van der Waals surface area contributed by atoms with E-state index in [0.29, 0.717) is 0 Å². The second kappa shape index (κ2) is 7.35. The summed E-state index contributed by atoms with van der Waals surface area (Å²) in [7, 11) is 0. The Morgan fingerprint density at radius 1 is 0.692 bits per heavy atom. The fraction of sp³-hybridized carbons (Fsp3) is 0.231. The second-order valence-electron chi connectivity index (χ2n) is 2.81. The molecule has 0 heteroatoms. The topological polar surface area (TPSA) is 0 Å². The lowest BCUT2D eigenvalue weighted by Gasteiger charge is -1.80. The average molecular weight is 171 g/mol. The molecular formula is C13H15. The Morgan fingerprint density at radius 3 is 2.23 bits per heavy atom. The minimum Gasteiger partial charge on any atom is -0.0844 e. The molecule has 1 aliphatic rings. The van der Waals surface area contributed by atoms with Crippen molar-refractivity contribution < 1.29 is 0 Å². The van der Waals surface area contributed by atoms with E-state index in [1.54, 1.807) is 0 Å². The van der Waals surface area contributed by atoms with Gasteiger partial charge in [0.1, 0.15) is 0 Å². The Morgan fingerprint density at radius 2 is 1.38 bits per heavy atom. The van der Waals surface area contributed by atoms with Gasteiger partial charge in [0.15, 0.2) is 0 Å². The molecule has 1 aliphatic carbocycles. The summed E-state index contributed by atoms with van der Waals surface area (Å²) in [5.41, 5.74) is 0. The molecule has 0 heterocycles. The van der Waals surface area contributed by atoms with Crippen LogP contribution >= 0.6 is 0 Å². The number of hydrogen-bond donors (Lipinski definition) is 0. The lowest BCUT2D eigenvalue weighted by Crippen LogP contribution is -1.60. The van der Waals surface area contributed by atoms with Gasteiger partial charge >= 0.3 is 0 Å². The van der Waals surface area contributed by atoms with Gasteiger partial charge in [-0.2, -0.15) is 0 Å². The molecule has 67 valence electrons. The first-order chi connectivity index (χ1) is 6.50. The van der Waals surface area contributed by atoms with Crippen LogP contribution in [0.1, 0.15) is 19.3 Å². The van der Waals surface area contributed by atoms with Crippen molar-refractivity contribution in [2.75, 3.05) is 0 Å². The van der Waals surface area contributed by atoms with Gasteiger partial charge in [0.25, 0.3) is 0 Å². The average Bonchev–Trinajstić information content (AvgIpc) is 2.18. The zero-order valence-electron chi connectivity index (χ0n) is 7.82. The molecule has 0 saturated heterocycles. The van der Waals surface area contributed by atoms with Crippen LogP contribution in [0.3, 0.4) is 0 Å². The fourth-order valence-electron chi connectivity index (χ4n) is 1.00. The summed E-state index contributed by atoms with van der Waals surface area (Å²) in [6.45, 7) is 0. The highest BCUT2D eigenvalue weighted by atomic mass is 13.8. The molecule has 0 aromatic carbocycles. The number of rotatable bonds is 0. The third-order valence-corrected chi connectivity index (χ3v) is 1.68. The molecule has 1 radical (unpaired) electrons. The van der Waals surface area contributed by atoms with Crippen molar-refractivity contribution in [3.05, 3.63) is 60.8 Å². The highest BCUT2D eigenvalue weighted by molar-refractivity contribution is 5.09. The van der Waals surface area contributed by atoms with Crippen LogP contribution in [0.15, 0.2) is 54.7 Å². The summed E-state index contributed by atoms with van der Waals surface area (Å²) in [6.07, 6.45) is 25.0. The minimum atomic E-state index is 0.978. The summed E-state index contributed by atoms with van der Waals surface area (Å²) in [4.78, 5) is 0. The van der Waals surface area contributed by atoms with E-state index in [4.69, 9.17) is 0 Å². The highest BCUT2D eigenvalue weighted by Crippen LogP contribution is 1.94. The first-order valence-electron chi connectivity index (χ1n) is 4.69. The van der Waals surface area contributed by atoms with Crippen molar-refractivity contribution in [1.29, 1.82) is 0 Å². The fourth-order valence-corrected chi connectivity index (χ4v) is 1.00. The molecule has 0 aromatic rings. The van der Waals surface area contributed by atoms with Gasteiger partial charge in [-0.15, -0.1) is 0 Å². The molecule has 0 unspecified atom stereocenters. The third-order valence-electron chi connectivity index (χ3n) is 1.68. The Kier molecular flexibility index (Phi) is 5.54. The van der Waals surface area contributed by atoms with E-state index in [-0.39, 0.29) is 0 Å². The van der Waals surface area contributed by atoms with E-state index in [1.165, 1.54) is 0 Å². The molecule has 0 aromatic heterocycles. The lowest BCUT2D eigenvalue weighted by atomic mass is 10.3. The quantitative estimate of drug-likeness (QED) is 0.487. The zero-order chi connectivity index (χ0) is 9.19. The maximum absolute atomic E-state index is 3.11. The Hall–Kier alpha value is -1.30. The molecular weight excluding hydrogens is 156 g/mol. The van der Waals surface area contributed by atoms with Gasteiger partial charge in [-0.1, -0.05) is 54.7 Å².